The van der Waals surface area contributed by atoms with Gasteiger partial charge in [0.05, 0.1) is 12.1 Å². The number of ether oxygens (including phenoxy) is 2. The molecule has 1 unspecified atom stereocenters. The van der Waals surface area contributed by atoms with Crippen LogP contribution in [0.4, 0.5) is 18.0 Å². The van der Waals surface area contributed by atoms with Crippen LogP contribution in [0.2, 0.25) is 0 Å². The Morgan fingerprint density at radius 2 is 1.76 bits per heavy atom. The molecule has 0 heterocycles. The molecule has 0 bridgehead atoms. The largest absolute Gasteiger partial charge is 0.491 e. The maximum Gasteiger partial charge on any atom is 0.422 e. The van der Waals surface area contributed by atoms with Crippen LogP contribution < -0.4 is 10.1 Å². The van der Waals surface area contributed by atoms with E-state index in [1.54, 1.807) is 31.2 Å². The Hall–Kier alpha value is -1.92. The van der Waals surface area contributed by atoms with E-state index < -0.39 is 24.9 Å². The number of hydrogen-bond donors (Lipinski definition) is 1. The number of alkyl carbamates (subject to hydrolysis) is 1. The predicted molar refractivity (Wildman–Crippen MR) is 71.2 cm³/mol. The number of halogens is 3. The van der Waals surface area contributed by atoms with Crippen LogP contribution in [0.15, 0.2) is 24.3 Å². The molecule has 118 valence electrons. The molecule has 1 aromatic carbocycles. The molecule has 1 amide bonds. The first-order valence-electron chi connectivity index (χ1n) is 6.44. The molecule has 1 N–H and O–H groups in total. The molecule has 0 saturated carbocycles. The number of alkyl halides is 3. The Kier molecular flexibility index (Phi) is 5.87. The quantitative estimate of drug-likeness (QED) is 0.899. The topological polar surface area (TPSA) is 47.6 Å². The van der Waals surface area contributed by atoms with E-state index in [-0.39, 0.29) is 6.10 Å². The molecule has 0 aliphatic heterocycles. The second-order valence-electron chi connectivity index (χ2n) is 4.79. The molecule has 0 aromatic heterocycles. The summed E-state index contributed by atoms with van der Waals surface area (Å²) in [6, 6.07) is 6.45. The van der Waals surface area contributed by atoms with Gasteiger partial charge in [0.1, 0.15) is 5.75 Å². The van der Waals surface area contributed by atoms with E-state index in [1.807, 2.05) is 13.8 Å². The van der Waals surface area contributed by atoms with Crippen molar-refractivity contribution in [3.8, 4) is 5.75 Å². The van der Waals surface area contributed by atoms with Crippen molar-refractivity contribution in [3.05, 3.63) is 29.8 Å². The molecule has 1 rings (SSSR count). The summed E-state index contributed by atoms with van der Waals surface area (Å²) in [6.07, 6.45) is -5.60. The summed E-state index contributed by atoms with van der Waals surface area (Å²) in [5.41, 5.74) is 0.732. The molecule has 0 spiro atoms. The molecule has 0 aliphatic carbocycles. The number of nitrogens with one attached hydrogen (secondary N) is 1. The standard InChI is InChI=1S/C14H18F3NO3/c1-9(2)21-12-6-4-11(5-7-12)10(3)18-13(19)20-8-14(15,16)17/h4-7,9-10H,8H2,1-3H3,(H,18,19). The highest BCUT2D eigenvalue weighted by Gasteiger charge is 2.29. The number of carbonyl (C=O) groups excluding carboxylic acids is 1. The lowest BCUT2D eigenvalue weighted by molar-refractivity contribution is -0.160. The van der Waals surface area contributed by atoms with E-state index in [4.69, 9.17) is 4.74 Å². The van der Waals surface area contributed by atoms with Crippen molar-refractivity contribution in [1.29, 1.82) is 0 Å². The zero-order valence-corrected chi connectivity index (χ0v) is 12.0. The Morgan fingerprint density at radius 1 is 1.19 bits per heavy atom. The molecule has 0 aliphatic rings. The van der Waals surface area contributed by atoms with Crippen molar-refractivity contribution < 1.29 is 27.4 Å². The predicted octanol–water partition coefficient (Wildman–Crippen LogP) is 3.82. The van der Waals surface area contributed by atoms with Crippen LogP contribution in [0.3, 0.4) is 0 Å². The summed E-state index contributed by atoms with van der Waals surface area (Å²) in [4.78, 5) is 11.2. The van der Waals surface area contributed by atoms with Crippen molar-refractivity contribution in [2.75, 3.05) is 6.61 Å². The minimum absolute atomic E-state index is 0.0451. The fourth-order valence-electron chi connectivity index (χ4n) is 1.56. The fraction of sp³-hybridized carbons (Fsp3) is 0.500. The highest BCUT2D eigenvalue weighted by atomic mass is 19.4. The molecular formula is C14H18F3NO3. The van der Waals surface area contributed by atoms with Gasteiger partial charge < -0.3 is 14.8 Å². The van der Waals surface area contributed by atoms with Crippen LogP contribution in [0.25, 0.3) is 0 Å². The minimum Gasteiger partial charge on any atom is -0.491 e. The SMILES string of the molecule is CC(C)Oc1ccc(C(C)NC(=O)OCC(F)(F)F)cc1. The zero-order valence-electron chi connectivity index (χ0n) is 12.0. The van der Waals surface area contributed by atoms with Gasteiger partial charge >= 0.3 is 12.3 Å². The van der Waals surface area contributed by atoms with Gasteiger partial charge in [-0.15, -0.1) is 0 Å². The van der Waals surface area contributed by atoms with E-state index >= 15 is 0 Å². The van der Waals surface area contributed by atoms with Crippen LogP contribution in [-0.4, -0.2) is 25.0 Å². The molecular weight excluding hydrogens is 287 g/mol. The van der Waals surface area contributed by atoms with E-state index in [0.29, 0.717) is 5.75 Å². The zero-order chi connectivity index (χ0) is 16.0. The van der Waals surface area contributed by atoms with Crippen molar-refractivity contribution in [1.82, 2.24) is 5.32 Å². The first kappa shape index (κ1) is 17.1. The molecule has 0 saturated heterocycles. The second-order valence-corrected chi connectivity index (χ2v) is 4.79. The summed E-state index contributed by atoms with van der Waals surface area (Å²) in [5, 5.41) is 2.33. The van der Waals surface area contributed by atoms with Crippen LogP contribution in [0.1, 0.15) is 32.4 Å². The molecule has 0 radical (unpaired) electrons. The van der Waals surface area contributed by atoms with Gasteiger partial charge in [-0.3, -0.25) is 0 Å². The Bertz CT molecular complexity index is 458. The van der Waals surface area contributed by atoms with Crippen LogP contribution in [0.5, 0.6) is 5.75 Å². The molecule has 21 heavy (non-hydrogen) atoms. The summed E-state index contributed by atoms with van der Waals surface area (Å²) < 4.78 is 45.3. The Labute approximate surface area is 121 Å². The van der Waals surface area contributed by atoms with Crippen LogP contribution in [-0.2, 0) is 4.74 Å². The molecule has 1 atom stereocenters. The third-order valence-corrected chi connectivity index (χ3v) is 2.45. The van der Waals surface area contributed by atoms with Gasteiger partial charge in [-0.2, -0.15) is 13.2 Å². The monoisotopic (exact) mass is 305 g/mol. The Balaban J connectivity index is 2.51. The highest BCUT2D eigenvalue weighted by molar-refractivity contribution is 5.67. The lowest BCUT2D eigenvalue weighted by Crippen LogP contribution is -2.30. The number of amides is 1. The maximum atomic E-state index is 11.9. The molecule has 0 fully saturated rings. The van der Waals surface area contributed by atoms with Crippen LogP contribution in [0, 0.1) is 0 Å². The van der Waals surface area contributed by atoms with Gasteiger partial charge in [-0.25, -0.2) is 4.79 Å². The average Bonchev–Trinajstić information content (AvgIpc) is 2.35. The average molecular weight is 305 g/mol. The lowest BCUT2D eigenvalue weighted by Gasteiger charge is -2.16. The maximum absolute atomic E-state index is 11.9. The van der Waals surface area contributed by atoms with Crippen molar-refractivity contribution in [2.45, 2.75) is 39.1 Å². The first-order chi connectivity index (χ1) is 9.67. The van der Waals surface area contributed by atoms with Crippen molar-refractivity contribution >= 4 is 6.09 Å². The number of rotatable bonds is 5. The van der Waals surface area contributed by atoms with Crippen molar-refractivity contribution in [3.63, 3.8) is 0 Å². The van der Waals surface area contributed by atoms with Gasteiger partial charge in [0, 0.05) is 0 Å². The fourth-order valence-corrected chi connectivity index (χ4v) is 1.56. The van der Waals surface area contributed by atoms with Gasteiger partial charge in [0.2, 0.25) is 0 Å². The molecule has 1 aromatic rings. The number of hydrogen-bond acceptors (Lipinski definition) is 3. The van der Waals surface area contributed by atoms with Gasteiger partial charge in [-0.1, -0.05) is 12.1 Å². The molecule has 4 nitrogen and oxygen atoms in total. The summed E-state index contributed by atoms with van der Waals surface area (Å²) in [7, 11) is 0. The third kappa shape index (κ3) is 6.87. The van der Waals surface area contributed by atoms with Gasteiger partial charge in [0.15, 0.2) is 6.61 Å². The molecule has 7 heteroatoms. The van der Waals surface area contributed by atoms with Gasteiger partial charge in [0.25, 0.3) is 0 Å². The van der Waals surface area contributed by atoms with E-state index in [0.717, 1.165) is 5.56 Å². The first-order valence-corrected chi connectivity index (χ1v) is 6.44. The highest BCUT2D eigenvalue weighted by Crippen LogP contribution is 2.19. The van der Waals surface area contributed by atoms with Gasteiger partial charge in [-0.05, 0) is 38.5 Å². The van der Waals surface area contributed by atoms with E-state index in [9.17, 15) is 18.0 Å². The third-order valence-electron chi connectivity index (χ3n) is 2.45. The summed E-state index contributed by atoms with van der Waals surface area (Å²) in [6.45, 7) is 3.84. The van der Waals surface area contributed by atoms with E-state index in [2.05, 4.69) is 10.1 Å². The number of carbonyl (C=O) groups is 1. The second kappa shape index (κ2) is 7.19. The van der Waals surface area contributed by atoms with Crippen molar-refractivity contribution in [2.24, 2.45) is 0 Å². The summed E-state index contributed by atoms with van der Waals surface area (Å²) in [5.74, 6) is 0.681. The van der Waals surface area contributed by atoms with Crippen LogP contribution >= 0.6 is 0 Å². The normalized spacial score (nSPS) is 12.9. The number of benzene rings is 1. The summed E-state index contributed by atoms with van der Waals surface area (Å²) >= 11 is 0. The lowest BCUT2D eigenvalue weighted by atomic mass is 10.1. The Morgan fingerprint density at radius 3 is 2.24 bits per heavy atom. The van der Waals surface area contributed by atoms with E-state index in [1.165, 1.54) is 0 Å². The minimum atomic E-state index is -4.53. The smallest absolute Gasteiger partial charge is 0.422 e.